The molecule has 1 unspecified atom stereocenters. The number of fused-ring (bicyclic) bond motifs is 2. The Morgan fingerprint density at radius 1 is 0.959 bits per heavy atom. The van der Waals surface area contributed by atoms with Gasteiger partial charge in [0.25, 0.3) is 11.5 Å². The van der Waals surface area contributed by atoms with Crippen molar-refractivity contribution in [1.29, 1.82) is 0 Å². The second-order valence-electron chi connectivity index (χ2n) is 11.2. The quantitative estimate of drug-likeness (QED) is 0.122. The van der Waals surface area contributed by atoms with Crippen molar-refractivity contribution in [3.05, 3.63) is 106 Å². The number of aromatic nitrogens is 2. The van der Waals surface area contributed by atoms with Crippen LogP contribution in [0.1, 0.15) is 40.6 Å². The molecule has 49 heavy (non-hydrogen) atoms. The van der Waals surface area contributed by atoms with Crippen LogP contribution in [-0.4, -0.2) is 54.2 Å². The Bertz CT molecular complexity index is 2010. The van der Waals surface area contributed by atoms with Gasteiger partial charge in [-0.2, -0.15) is 0 Å². The van der Waals surface area contributed by atoms with Crippen molar-refractivity contribution in [2.75, 3.05) is 27.6 Å². The van der Waals surface area contributed by atoms with Crippen molar-refractivity contribution in [2.45, 2.75) is 43.3 Å². The first kappa shape index (κ1) is 33.5. The molecule has 2 aromatic heterocycles. The number of hydrogen-bond acceptors (Lipinski definition) is 10. The van der Waals surface area contributed by atoms with Crippen LogP contribution in [0.15, 0.2) is 87.4 Å². The molecule has 0 aliphatic carbocycles. The first-order chi connectivity index (χ1) is 23.9. The van der Waals surface area contributed by atoms with E-state index in [9.17, 15) is 14.4 Å². The topological polar surface area (TPSA) is 143 Å². The maximum Gasteiger partial charge on any atom is 0.262 e. The van der Waals surface area contributed by atoms with Gasteiger partial charge in [0.2, 0.25) is 12.7 Å². The SMILES string of the molecule is CCC(Sc1nc2cc3c(cc2c(=O)n1Cc1ccc(C(=O)NCCc2ccc(OC)c(OC)c2)cc1)OCO3)C(=O)NCc1ccco1. The highest BCUT2D eigenvalue weighted by Crippen LogP contribution is 2.36. The Morgan fingerprint density at radius 3 is 2.43 bits per heavy atom. The fourth-order valence-corrected chi connectivity index (χ4v) is 6.41. The molecule has 12 nitrogen and oxygen atoms in total. The number of hydrogen-bond donors (Lipinski definition) is 2. The maximum absolute atomic E-state index is 14.0. The number of nitrogens with zero attached hydrogens (tertiary/aromatic N) is 2. The number of carbonyl (C=O) groups excluding carboxylic acids is 2. The molecule has 5 aromatic rings. The van der Waals surface area contributed by atoms with Crippen LogP contribution in [0.2, 0.25) is 0 Å². The van der Waals surface area contributed by atoms with Crippen molar-refractivity contribution < 1.29 is 33.0 Å². The van der Waals surface area contributed by atoms with E-state index in [-0.39, 0.29) is 37.3 Å². The number of carbonyl (C=O) groups is 2. The summed E-state index contributed by atoms with van der Waals surface area (Å²) in [6.07, 6.45) is 2.67. The molecule has 1 aliphatic heterocycles. The summed E-state index contributed by atoms with van der Waals surface area (Å²) < 4.78 is 28.6. The van der Waals surface area contributed by atoms with Gasteiger partial charge >= 0.3 is 0 Å². The highest BCUT2D eigenvalue weighted by Gasteiger charge is 2.24. The van der Waals surface area contributed by atoms with Crippen molar-refractivity contribution in [1.82, 2.24) is 20.2 Å². The number of methoxy groups -OCH3 is 2. The molecule has 0 saturated carbocycles. The number of nitrogens with one attached hydrogen (secondary N) is 2. The van der Waals surface area contributed by atoms with Crippen molar-refractivity contribution in [2.24, 2.45) is 0 Å². The molecule has 0 bridgehead atoms. The first-order valence-electron chi connectivity index (χ1n) is 15.8. The molecule has 254 valence electrons. The summed E-state index contributed by atoms with van der Waals surface area (Å²) in [5.74, 6) is 2.49. The van der Waals surface area contributed by atoms with Crippen LogP contribution in [0.5, 0.6) is 23.0 Å². The van der Waals surface area contributed by atoms with E-state index in [0.29, 0.717) is 69.8 Å². The lowest BCUT2D eigenvalue weighted by Crippen LogP contribution is -2.33. The van der Waals surface area contributed by atoms with Crippen LogP contribution in [0.25, 0.3) is 10.9 Å². The predicted molar refractivity (Wildman–Crippen MR) is 184 cm³/mol. The zero-order valence-corrected chi connectivity index (χ0v) is 28.1. The van der Waals surface area contributed by atoms with Gasteiger partial charge in [-0.25, -0.2) is 4.98 Å². The zero-order valence-electron chi connectivity index (χ0n) is 27.3. The minimum atomic E-state index is -0.523. The molecule has 0 spiro atoms. The van der Waals surface area contributed by atoms with Crippen LogP contribution in [-0.2, 0) is 24.3 Å². The summed E-state index contributed by atoms with van der Waals surface area (Å²) in [5.41, 5.74) is 2.43. The molecule has 3 heterocycles. The average molecular weight is 685 g/mol. The molecule has 2 amide bonds. The maximum atomic E-state index is 14.0. The first-order valence-corrected chi connectivity index (χ1v) is 16.6. The second kappa shape index (κ2) is 15.2. The minimum absolute atomic E-state index is 0.0609. The smallest absolute Gasteiger partial charge is 0.262 e. The van der Waals surface area contributed by atoms with Crippen molar-refractivity contribution in [3.8, 4) is 23.0 Å². The van der Waals surface area contributed by atoms with E-state index in [1.165, 1.54) is 11.8 Å². The third kappa shape index (κ3) is 7.67. The Hall–Kier alpha value is -5.43. The zero-order chi connectivity index (χ0) is 34.3. The fourth-order valence-electron chi connectivity index (χ4n) is 5.37. The molecule has 0 saturated heterocycles. The second-order valence-corrected chi connectivity index (χ2v) is 12.4. The average Bonchev–Trinajstić information content (AvgIpc) is 3.82. The van der Waals surface area contributed by atoms with Gasteiger partial charge in [0.1, 0.15) is 5.76 Å². The Balaban J connectivity index is 1.19. The van der Waals surface area contributed by atoms with Gasteiger partial charge in [0, 0.05) is 18.2 Å². The van der Waals surface area contributed by atoms with Crippen LogP contribution in [0.3, 0.4) is 0 Å². The molecule has 0 radical (unpaired) electrons. The van der Waals surface area contributed by atoms with Crippen molar-refractivity contribution >= 4 is 34.5 Å². The van der Waals surface area contributed by atoms with E-state index in [2.05, 4.69) is 10.6 Å². The van der Waals surface area contributed by atoms with Gasteiger partial charge < -0.3 is 34.0 Å². The fraction of sp³-hybridized carbons (Fsp3) is 0.278. The minimum Gasteiger partial charge on any atom is -0.493 e. The molecule has 13 heteroatoms. The Morgan fingerprint density at radius 2 is 1.71 bits per heavy atom. The summed E-state index contributed by atoms with van der Waals surface area (Å²) in [4.78, 5) is 44.9. The highest BCUT2D eigenvalue weighted by molar-refractivity contribution is 8.00. The largest absolute Gasteiger partial charge is 0.493 e. The van der Waals surface area contributed by atoms with Gasteiger partial charge in [-0.05, 0) is 66.4 Å². The number of thioether (sulfide) groups is 1. The van der Waals surface area contributed by atoms with E-state index in [4.69, 9.17) is 28.3 Å². The number of ether oxygens (including phenoxy) is 4. The standard InChI is InChI=1S/C36H36N4O8S/c1-4-32(34(42)38-19-25-6-5-15-46-25)49-36-39-27-18-31-30(47-21-48-31)17-26(27)35(43)40(36)20-23-7-10-24(11-8-23)33(41)37-14-13-22-9-12-28(44-2)29(16-22)45-3/h5-12,15-18,32H,4,13-14,19-21H2,1-3H3,(H,37,41)(H,38,42). The van der Waals surface area contributed by atoms with Crippen molar-refractivity contribution in [3.63, 3.8) is 0 Å². The monoisotopic (exact) mass is 684 g/mol. The Kier molecular flexibility index (Phi) is 10.4. The van der Waals surface area contributed by atoms with E-state index in [0.717, 1.165) is 11.1 Å². The number of rotatable bonds is 14. The number of benzene rings is 3. The van der Waals surface area contributed by atoms with E-state index in [1.54, 1.807) is 73.6 Å². The normalized spacial score (nSPS) is 12.5. The predicted octanol–water partition coefficient (Wildman–Crippen LogP) is 4.94. The number of furan rings is 1. The molecular weight excluding hydrogens is 648 g/mol. The van der Waals surface area contributed by atoms with E-state index >= 15 is 0 Å². The summed E-state index contributed by atoms with van der Waals surface area (Å²) in [6, 6.07) is 19.6. The van der Waals surface area contributed by atoms with Gasteiger partial charge in [-0.1, -0.05) is 36.9 Å². The molecular formula is C36H36N4O8S. The molecule has 1 atom stereocenters. The summed E-state index contributed by atoms with van der Waals surface area (Å²) in [7, 11) is 3.17. The van der Waals surface area contributed by atoms with Gasteiger partial charge in [0.05, 0.1) is 49.7 Å². The van der Waals surface area contributed by atoms with Gasteiger partial charge in [-0.15, -0.1) is 0 Å². The molecule has 3 aromatic carbocycles. The van der Waals surface area contributed by atoms with E-state index < -0.39 is 5.25 Å². The summed E-state index contributed by atoms with van der Waals surface area (Å²) in [6.45, 7) is 2.82. The van der Waals surface area contributed by atoms with Crippen LogP contribution in [0, 0.1) is 0 Å². The van der Waals surface area contributed by atoms with Crippen LogP contribution >= 0.6 is 11.8 Å². The molecule has 1 aliphatic rings. The lowest BCUT2D eigenvalue weighted by atomic mass is 10.1. The highest BCUT2D eigenvalue weighted by atomic mass is 32.2. The number of amides is 2. The summed E-state index contributed by atoms with van der Waals surface area (Å²) in [5, 5.41) is 6.09. The molecule has 0 fully saturated rings. The van der Waals surface area contributed by atoms with Gasteiger partial charge in [0.15, 0.2) is 28.2 Å². The van der Waals surface area contributed by atoms with Crippen LogP contribution in [0.4, 0.5) is 0 Å². The van der Waals surface area contributed by atoms with Gasteiger partial charge in [-0.3, -0.25) is 19.0 Å². The van der Waals surface area contributed by atoms with Crippen LogP contribution < -0.4 is 35.1 Å². The Labute approximate surface area is 286 Å². The lowest BCUT2D eigenvalue weighted by Gasteiger charge is -2.18. The lowest BCUT2D eigenvalue weighted by molar-refractivity contribution is -0.120. The third-order valence-electron chi connectivity index (χ3n) is 8.05. The third-order valence-corrected chi connectivity index (χ3v) is 9.40. The molecule has 6 rings (SSSR count). The summed E-state index contributed by atoms with van der Waals surface area (Å²) >= 11 is 1.22. The van der Waals surface area contributed by atoms with E-state index in [1.807, 2.05) is 25.1 Å². The molecule has 2 N–H and O–H groups in total.